The maximum Gasteiger partial charge on any atom is 0.0245 e. The Labute approximate surface area is 91.9 Å². The molecule has 3 heteroatoms. The zero-order valence-corrected chi connectivity index (χ0v) is 9.71. The second kappa shape index (κ2) is 4.37. The van der Waals surface area contributed by atoms with Gasteiger partial charge in [0.1, 0.15) is 0 Å². The third kappa shape index (κ3) is 2.83. The Bertz CT molecular complexity index is 288. The molecule has 1 aliphatic rings. The molecule has 0 aromatic carbocycles. The van der Waals surface area contributed by atoms with Crippen LogP contribution in [-0.4, -0.2) is 37.1 Å². The van der Waals surface area contributed by atoms with Gasteiger partial charge < -0.3 is 15.2 Å². The standard InChI is InChI=1S/C12H21N3/c1-13-9-12(4-5-12)10-15(2)8-11-3-6-14-7-11/h3,6-7,13-14H,4-5,8-10H2,1-2H3. The second-order valence-electron chi connectivity index (χ2n) is 4.92. The van der Waals surface area contributed by atoms with Crippen LogP contribution < -0.4 is 5.32 Å². The lowest BCUT2D eigenvalue weighted by molar-refractivity contribution is 0.253. The highest BCUT2D eigenvalue weighted by Crippen LogP contribution is 2.45. The minimum Gasteiger partial charge on any atom is -0.367 e. The van der Waals surface area contributed by atoms with Crippen LogP contribution in [-0.2, 0) is 6.54 Å². The molecule has 0 amide bonds. The smallest absolute Gasteiger partial charge is 0.0245 e. The summed E-state index contributed by atoms with van der Waals surface area (Å²) in [4.78, 5) is 5.52. The Morgan fingerprint density at radius 2 is 2.33 bits per heavy atom. The van der Waals surface area contributed by atoms with Crippen molar-refractivity contribution in [2.75, 3.05) is 27.2 Å². The third-order valence-electron chi connectivity index (χ3n) is 3.23. The van der Waals surface area contributed by atoms with Gasteiger partial charge in [-0.25, -0.2) is 0 Å². The molecule has 1 aromatic rings. The van der Waals surface area contributed by atoms with Crippen LogP contribution in [0.15, 0.2) is 18.5 Å². The highest BCUT2D eigenvalue weighted by molar-refractivity contribution is 5.08. The third-order valence-corrected chi connectivity index (χ3v) is 3.23. The fourth-order valence-electron chi connectivity index (χ4n) is 2.34. The first kappa shape index (κ1) is 10.7. The summed E-state index contributed by atoms with van der Waals surface area (Å²) in [6.45, 7) is 3.42. The number of nitrogens with zero attached hydrogens (tertiary/aromatic N) is 1. The monoisotopic (exact) mass is 207 g/mol. The first-order valence-corrected chi connectivity index (χ1v) is 5.69. The lowest BCUT2D eigenvalue weighted by Crippen LogP contribution is -2.32. The number of hydrogen-bond acceptors (Lipinski definition) is 2. The van der Waals surface area contributed by atoms with Crippen LogP contribution >= 0.6 is 0 Å². The average molecular weight is 207 g/mol. The molecule has 0 aliphatic heterocycles. The van der Waals surface area contributed by atoms with Crippen LogP contribution in [0.3, 0.4) is 0 Å². The predicted molar refractivity (Wildman–Crippen MR) is 62.7 cm³/mol. The summed E-state index contributed by atoms with van der Waals surface area (Å²) in [6, 6.07) is 2.15. The summed E-state index contributed by atoms with van der Waals surface area (Å²) in [7, 11) is 4.26. The quantitative estimate of drug-likeness (QED) is 0.739. The highest BCUT2D eigenvalue weighted by atomic mass is 15.1. The van der Waals surface area contributed by atoms with E-state index in [0.717, 1.165) is 13.1 Å². The maximum absolute atomic E-state index is 3.30. The van der Waals surface area contributed by atoms with Gasteiger partial charge in [0.05, 0.1) is 0 Å². The van der Waals surface area contributed by atoms with Crippen molar-refractivity contribution in [2.24, 2.45) is 5.41 Å². The predicted octanol–water partition coefficient (Wildman–Crippen LogP) is 1.45. The molecule has 0 unspecified atom stereocenters. The number of hydrogen-bond donors (Lipinski definition) is 2. The molecule has 0 spiro atoms. The van der Waals surface area contributed by atoms with Gasteiger partial charge in [0, 0.05) is 32.0 Å². The van der Waals surface area contributed by atoms with Crippen molar-refractivity contribution in [3.8, 4) is 0 Å². The van der Waals surface area contributed by atoms with E-state index in [1.54, 1.807) is 0 Å². The SMILES string of the molecule is CNCC1(CN(C)Cc2cc[nH]c2)CC1. The molecule has 1 heterocycles. The molecule has 84 valence electrons. The summed E-state index contributed by atoms with van der Waals surface area (Å²) in [6.07, 6.45) is 6.83. The van der Waals surface area contributed by atoms with Crippen molar-refractivity contribution in [3.63, 3.8) is 0 Å². The Kier molecular flexibility index (Phi) is 3.12. The summed E-state index contributed by atoms with van der Waals surface area (Å²) in [5.74, 6) is 0. The van der Waals surface area contributed by atoms with Gasteiger partial charge >= 0.3 is 0 Å². The Balaban J connectivity index is 1.80. The Morgan fingerprint density at radius 3 is 2.87 bits per heavy atom. The van der Waals surface area contributed by atoms with Gasteiger partial charge in [-0.1, -0.05) is 0 Å². The number of aromatic nitrogens is 1. The molecular weight excluding hydrogens is 186 g/mol. The topological polar surface area (TPSA) is 31.1 Å². The molecule has 1 aromatic heterocycles. The van der Waals surface area contributed by atoms with Gasteiger partial charge in [-0.05, 0) is 44.0 Å². The first-order chi connectivity index (χ1) is 7.24. The summed E-state index contributed by atoms with van der Waals surface area (Å²) < 4.78 is 0. The molecule has 2 N–H and O–H groups in total. The van der Waals surface area contributed by atoms with Crippen molar-refractivity contribution in [2.45, 2.75) is 19.4 Å². The Hall–Kier alpha value is -0.800. The zero-order chi connectivity index (χ0) is 10.7. The fourth-order valence-corrected chi connectivity index (χ4v) is 2.34. The summed E-state index contributed by atoms with van der Waals surface area (Å²) >= 11 is 0. The molecule has 0 atom stereocenters. The van der Waals surface area contributed by atoms with Crippen molar-refractivity contribution in [1.29, 1.82) is 0 Å². The minimum absolute atomic E-state index is 0.569. The van der Waals surface area contributed by atoms with E-state index < -0.39 is 0 Å². The lowest BCUT2D eigenvalue weighted by Gasteiger charge is -2.23. The molecular formula is C12H21N3. The molecule has 0 radical (unpaired) electrons. The number of aromatic amines is 1. The maximum atomic E-state index is 3.30. The molecule has 2 rings (SSSR count). The summed E-state index contributed by atoms with van der Waals surface area (Å²) in [5, 5.41) is 3.30. The summed E-state index contributed by atoms with van der Waals surface area (Å²) in [5.41, 5.74) is 1.94. The fraction of sp³-hybridized carbons (Fsp3) is 0.667. The second-order valence-corrected chi connectivity index (χ2v) is 4.92. The van der Waals surface area contributed by atoms with E-state index in [9.17, 15) is 0 Å². The lowest BCUT2D eigenvalue weighted by atomic mass is 10.1. The van der Waals surface area contributed by atoms with Gasteiger partial charge in [-0.15, -0.1) is 0 Å². The molecule has 1 saturated carbocycles. The van der Waals surface area contributed by atoms with Gasteiger partial charge in [-0.2, -0.15) is 0 Å². The van der Waals surface area contributed by atoms with Crippen LogP contribution in [0.25, 0.3) is 0 Å². The number of nitrogens with one attached hydrogen (secondary N) is 2. The van der Waals surface area contributed by atoms with Gasteiger partial charge in [-0.3, -0.25) is 0 Å². The molecule has 1 fully saturated rings. The molecule has 15 heavy (non-hydrogen) atoms. The van der Waals surface area contributed by atoms with Crippen molar-refractivity contribution >= 4 is 0 Å². The van der Waals surface area contributed by atoms with E-state index in [0.29, 0.717) is 5.41 Å². The molecule has 0 saturated heterocycles. The van der Waals surface area contributed by atoms with Gasteiger partial charge in [0.15, 0.2) is 0 Å². The first-order valence-electron chi connectivity index (χ1n) is 5.69. The number of rotatable bonds is 6. The average Bonchev–Trinajstić information content (AvgIpc) is 2.75. The van der Waals surface area contributed by atoms with Gasteiger partial charge in [0.2, 0.25) is 0 Å². The molecule has 1 aliphatic carbocycles. The van der Waals surface area contributed by atoms with Crippen molar-refractivity contribution in [1.82, 2.24) is 15.2 Å². The van der Waals surface area contributed by atoms with E-state index in [2.05, 4.69) is 34.5 Å². The zero-order valence-electron chi connectivity index (χ0n) is 9.71. The van der Waals surface area contributed by atoms with E-state index in [4.69, 9.17) is 0 Å². The van der Waals surface area contributed by atoms with E-state index in [-0.39, 0.29) is 0 Å². The van der Waals surface area contributed by atoms with Crippen molar-refractivity contribution < 1.29 is 0 Å². The highest BCUT2D eigenvalue weighted by Gasteiger charge is 2.42. The van der Waals surface area contributed by atoms with Gasteiger partial charge in [0.25, 0.3) is 0 Å². The minimum atomic E-state index is 0.569. The number of H-pyrrole nitrogens is 1. The normalized spacial score (nSPS) is 18.3. The molecule has 0 bridgehead atoms. The molecule has 3 nitrogen and oxygen atoms in total. The largest absolute Gasteiger partial charge is 0.367 e. The van der Waals surface area contributed by atoms with Crippen LogP contribution in [0, 0.1) is 5.41 Å². The van der Waals surface area contributed by atoms with Crippen LogP contribution in [0.1, 0.15) is 18.4 Å². The van der Waals surface area contributed by atoms with Crippen LogP contribution in [0.4, 0.5) is 0 Å². The van der Waals surface area contributed by atoms with E-state index >= 15 is 0 Å². The van der Waals surface area contributed by atoms with E-state index in [1.165, 1.54) is 24.9 Å². The van der Waals surface area contributed by atoms with Crippen LogP contribution in [0.2, 0.25) is 0 Å². The van der Waals surface area contributed by atoms with Crippen LogP contribution in [0.5, 0.6) is 0 Å². The van der Waals surface area contributed by atoms with E-state index in [1.807, 2.05) is 13.2 Å². The Morgan fingerprint density at radius 1 is 1.53 bits per heavy atom. The van der Waals surface area contributed by atoms with Crippen molar-refractivity contribution in [3.05, 3.63) is 24.0 Å².